The standard InChI is InChI=1S/C17H15NO2S/c1-19-13-5-8-15-16(11-13)18-10-9-17(15)20-12-3-6-14(21-2)7-4-12/h3-11H,1-2H3. The van der Waals surface area contributed by atoms with E-state index in [9.17, 15) is 0 Å². The molecule has 0 unspecified atom stereocenters. The molecule has 0 aliphatic rings. The van der Waals surface area contributed by atoms with Crippen molar-refractivity contribution in [2.75, 3.05) is 13.4 Å². The summed E-state index contributed by atoms with van der Waals surface area (Å²) in [5, 5.41) is 0.965. The van der Waals surface area contributed by atoms with Gasteiger partial charge in [0.25, 0.3) is 0 Å². The summed E-state index contributed by atoms with van der Waals surface area (Å²) in [6.07, 6.45) is 3.80. The van der Waals surface area contributed by atoms with Crippen molar-refractivity contribution in [1.82, 2.24) is 4.98 Å². The van der Waals surface area contributed by atoms with Crippen LogP contribution in [-0.2, 0) is 0 Å². The number of aromatic nitrogens is 1. The zero-order chi connectivity index (χ0) is 14.7. The van der Waals surface area contributed by atoms with E-state index in [1.165, 1.54) is 4.90 Å². The summed E-state index contributed by atoms with van der Waals surface area (Å²) in [5.41, 5.74) is 0.854. The first-order chi connectivity index (χ1) is 10.3. The minimum absolute atomic E-state index is 0.788. The van der Waals surface area contributed by atoms with E-state index in [1.807, 2.05) is 48.5 Å². The Morgan fingerprint density at radius 2 is 1.71 bits per heavy atom. The van der Waals surface area contributed by atoms with Crippen molar-refractivity contribution in [1.29, 1.82) is 0 Å². The normalized spacial score (nSPS) is 10.6. The topological polar surface area (TPSA) is 31.4 Å². The predicted molar refractivity (Wildman–Crippen MR) is 86.6 cm³/mol. The molecule has 0 N–H and O–H groups in total. The highest BCUT2D eigenvalue weighted by Gasteiger charge is 2.06. The number of rotatable bonds is 4. The number of pyridine rings is 1. The Kier molecular flexibility index (Phi) is 3.97. The minimum atomic E-state index is 0.788. The van der Waals surface area contributed by atoms with Gasteiger partial charge < -0.3 is 9.47 Å². The Bertz CT molecular complexity index is 756. The third-order valence-corrected chi connectivity index (χ3v) is 3.94. The van der Waals surface area contributed by atoms with E-state index in [4.69, 9.17) is 9.47 Å². The van der Waals surface area contributed by atoms with Crippen LogP contribution in [0.15, 0.2) is 59.6 Å². The van der Waals surface area contributed by atoms with Gasteiger partial charge in [-0.3, -0.25) is 4.98 Å². The van der Waals surface area contributed by atoms with Crippen molar-refractivity contribution in [3.05, 3.63) is 54.7 Å². The molecule has 4 heteroatoms. The van der Waals surface area contributed by atoms with Gasteiger partial charge in [0.1, 0.15) is 17.2 Å². The molecule has 0 fully saturated rings. The molecule has 21 heavy (non-hydrogen) atoms. The number of hydrogen-bond donors (Lipinski definition) is 0. The highest BCUT2D eigenvalue weighted by atomic mass is 32.2. The van der Waals surface area contributed by atoms with Crippen molar-refractivity contribution in [3.63, 3.8) is 0 Å². The second-order valence-corrected chi connectivity index (χ2v) is 5.35. The van der Waals surface area contributed by atoms with Crippen LogP contribution in [-0.4, -0.2) is 18.3 Å². The highest BCUT2D eigenvalue weighted by molar-refractivity contribution is 7.98. The van der Waals surface area contributed by atoms with Crippen molar-refractivity contribution >= 4 is 22.7 Å². The third-order valence-electron chi connectivity index (χ3n) is 3.20. The summed E-state index contributed by atoms with van der Waals surface area (Å²) in [5.74, 6) is 2.40. The van der Waals surface area contributed by atoms with Gasteiger partial charge in [0.15, 0.2) is 0 Å². The molecule has 0 radical (unpaired) electrons. The smallest absolute Gasteiger partial charge is 0.138 e. The van der Waals surface area contributed by atoms with Gasteiger partial charge in [-0.25, -0.2) is 0 Å². The van der Waals surface area contributed by atoms with E-state index < -0.39 is 0 Å². The van der Waals surface area contributed by atoms with Gasteiger partial charge in [-0.2, -0.15) is 0 Å². The quantitative estimate of drug-likeness (QED) is 0.650. The Hall–Kier alpha value is -2.20. The molecule has 0 bridgehead atoms. The lowest BCUT2D eigenvalue weighted by molar-refractivity contribution is 0.415. The average Bonchev–Trinajstić information content (AvgIpc) is 2.55. The van der Waals surface area contributed by atoms with Crippen LogP contribution >= 0.6 is 11.8 Å². The Balaban J connectivity index is 1.95. The summed E-state index contributed by atoms with van der Waals surface area (Å²) < 4.78 is 11.2. The molecule has 0 spiro atoms. The lowest BCUT2D eigenvalue weighted by Crippen LogP contribution is -1.89. The zero-order valence-electron chi connectivity index (χ0n) is 11.9. The largest absolute Gasteiger partial charge is 0.497 e. The molecule has 0 saturated carbocycles. The fraction of sp³-hybridized carbons (Fsp3) is 0.118. The molecule has 3 rings (SSSR count). The predicted octanol–water partition coefficient (Wildman–Crippen LogP) is 4.76. The van der Waals surface area contributed by atoms with Gasteiger partial charge >= 0.3 is 0 Å². The van der Waals surface area contributed by atoms with Gasteiger partial charge in [0, 0.05) is 22.5 Å². The van der Waals surface area contributed by atoms with Crippen LogP contribution in [0.4, 0.5) is 0 Å². The summed E-state index contributed by atoms with van der Waals surface area (Å²) in [6.45, 7) is 0. The summed E-state index contributed by atoms with van der Waals surface area (Å²) in [7, 11) is 1.65. The molecule has 1 aromatic heterocycles. The maximum atomic E-state index is 5.97. The maximum Gasteiger partial charge on any atom is 0.138 e. The number of methoxy groups -OCH3 is 1. The molecule has 3 aromatic rings. The summed E-state index contributed by atoms with van der Waals surface area (Å²) in [4.78, 5) is 5.57. The number of hydrogen-bond acceptors (Lipinski definition) is 4. The number of benzene rings is 2. The number of thioether (sulfide) groups is 1. The van der Waals surface area contributed by atoms with Crippen LogP contribution < -0.4 is 9.47 Å². The first-order valence-electron chi connectivity index (χ1n) is 6.55. The van der Waals surface area contributed by atoms with Crippen LogP contribution in [0.3, 0.4) is 0 Å². The fourth-order valence-corrected chi connectivity index (χ4v) is 2.50. The van der Waals surface area contributed by atoms with Gasteiger partial charge in [-0.1, -0.05) is 0 Å². The molecule has 0 atom stereocenters. The Morgan fingerprint density at radius 1 is 0.952 bits per heavy atom. The number of nitrogens with zero attached hydrogens (tertiary/aromatic N) is 1. The fourth-order valence-electron chi connectivity index (χ4n) is 2.09. The van der Waals surface area contributed by atoms with E-state index in [1.54, 1.807) is 25.1 Å². The van der Waals surface area contributed by atoms with Crippen LogP contribution in [0, 0.1) is 0 Å². The van der Waals surface area contributed by atoms with Gasteiger partial charge in [0.2, 0.25) is 0 Å². The second kappa shape index (κ2) is 6.06. The van der Waals surface area contributed by atoms with E-state index in [0.717, 1.165) is 28.2 Å². The van der Waals surface area contributed by atoms with Crippen molar-refractivity contribution in [2.24, 2.45) is 0 Å². The van der Waals surface area contributed by atoms with Gasteiger partial charge in [0.05, 0.1) is 12.6 Å². The van der Waals surface area contributed by atoms with E-state index >= 15 is 0 Å². The molecular weight excluding hydrogens is 282 g/mol. The van der Waals surface area contributed by atoms with Gasteiger partial charge in [-0.05, 0) is 48.7 Å². The molecule has 0 aliphatic carbocycles. The molecule has 106 valence electrons. The van der Waals surface area contributed by atoms with E-state index in [0.29, 0.717) is 0 Å². The first-order valence-corrected chi connectivity index (χ1v) is 7.77. The van der Waals surface area contributed by atoms with Crippen LogP contribution in [0.5, 0.6) is 17.2 Å². The first kappa shape index (κ1) is 13.8. The SMILES string of the molecule is COc1ccc2c(Oc3ccc(SC)cc3)ccnc2c1. The highest BCUT2D eigenvalue weighted by Crippen LogP contribution is 2.31. The second-order valence-electron chi connectivity index (χ2n) is 4.47. The minimum Gasteiger partial charge on any atom is -0.497 e. The lowest BCUT2D eigenvalue weighted by atomic mass is 10.2. The number of ether oxygens (including phenoxy) is 2. The molecule has 3 nitrogen and oxygen atoms in total. The monoisotopic (exact) mass is 297 g/mol. The summed E-state index contributed by atoms with van der Waals surface area (Å²) >= 11 is 1.71. The van der Waals surface area contributed by atoms with Gasteiger partial charge in [-0.15, -0.1) is 11.8 Å². The summed E-state index contributed by atoms with van der Waals surface area (Å²) in [6, 6.07) is 15.7. The van der Waals surface area contributed by atoms with E-state index in [2.05, 4.69) is 11.2 Å². The number of fused-ring (bicyclic) bond motifs is 1. The average molecular weight is 297 g/mol. The molecule has 0 saturated heterocycles. The lowest BCUT2D eigenvalue weighted by Gasteiger charge is -2.09. The van der Waals surface area contributed by atoms with E-state index in [-0.39, 0.29) is 0 Å². The van der Waals surface area contributed by atoms with Crippen LogP contribution in [0.25, 0.3) is 10.9 Å². The Morgan fingerprint density at radius 3 is 2.43 bits per heavy atom. The van der Waals surface area contributed by atoms with Crippen molar-refractivity contribution in [2.45, 2.75) is 4.90 Å². The molecule has 1 heterocycles. The molecule has 0 aliphatic heterocycles. The molecule has 0 amide bonds. The van der Waals surface area contributed by atoms with Crippen molar-refractivity contribution < 1.29 is 9.47 Å². The van der Waals surface area contributed by atoms with Crippen molar-refractivity contribution in [3.8, 4) is 17.2 Å². The maximum absolute atomic E-state index is 5.97. The van der Waals surface area contributed by atoms with Crippen LogP contribution in [0.2, 0.25) is 0 Å². The Labute approximate surface area is 127 Å². The zero-order valence-corrected chi connectivity index (χ0v) is 12.7. The molecule has 2 aromatic carbocycles. The molecular formula is C17H15NO2S. The van der Waals surface area contributed by atoms with Crippen LogP contribution in [0.1, 0.15) is 0 Å². The third kappa shape index (κ3) is 2.95.